The highest BCUT2D eigenvalue weighted by Gasteiger charge is 2.11. The fourth-order valence-electron chi connectivity index (χ4n) is 1.94. The molecule has 4 heteroatoms. The van der Waals surface area contributed by atoms with Crippen molar-refractivity contribution >= 4 is 0 Å². The average molecular weight is 256 g/mol. The predicted octanol–water partition coefficient (Wildman–Crippen LogP) is 2.32. The summed E-state index contributed by atoms with van der Waals surface area (Å²) >= 11 is 0. The topological polar surface area (TPSA) is 60.4 Å². The van der Waals surface area contributed by atoms with Crippen molar-refractivity contribution in [2.45, 2.75) is 12.6 Å². The van der Waals surface area contributed by atoms with Crippen LogP contribution in [-0.4, -0.2) is 23.6 Å². The van der Waals surface area contributed by atoms with Crippen LogP contribution >= 0.6 is 0 Å². The van der Waals surface area contributed by atoms with E-state index in [9.17, 15) is 5.11 Å². The molecule has 0 fully saturated rings. The Morgan fingerprint density at radius 2 is 2.05 bits per heavy atom. The molecule has 0 aliphatic heterocycles. The number of likely N-dealkylation sites (N-methyl/N-ethyl adjacent to an activating group) is 1. The van der Waals surface area contributed by atoms with Crippen LogP contribution in [0.15, 0.2) is 47.3 Å². The molecule has 2 rings (SSSR count). The lowest BCUT2D eigenvalue weighted by molar-refractivity contribution is 0.123. The van der Waals surface area contributed by atoms with Crippen molar-refractivity contribution in [2.24, 2.45) is 0 Å². The van der Waals surface area contributed by atoms with Gasteiger partial charge >= 0.3 is 0 Å². The first-order valence-electron chi connectivity index (χ1n) is 6.07. The molecule has 1 unspecified atom stereocenters. The van der Waals surface area contributed by atoms with Crippen molar-refractivity contribution in [1.29, 1.82) is 5.26 Å². The molecule has 0 radical (unpaired) electrons. The van der Waals surface area contributed by atoms with Gasteiger partial charge in [0, 0.05) is 18.7 Å². The van der Waals surface area contributed by atoms with Gasteiger partial charge in [-0.25, -0.2) is 0 Å². The second kappa shape index (κ2) is 6.19. The summed E-state index contributed by atoms with van der Waals surface area (Å²) in [7, 11) is 1.94. The summed E-state index contributed by atoms with van der Waals surface area (Å²) in [6.07, 6.45) is 2.77. The van der Waals surface area contributed by atoms with Crippen LogP contribution in [0.5, 0.6) is 0 Å². The van der Waals surface area contributed by atoms with E-state index in [2.05, 4.69) is 6.07 Å². The van der Waals surface area contributed by atoms with Crippen LogP contribution in [0.3, 0.4) is 0 Å². The standard InChI is InChI=1S/C15H16N2O2/c1-17(9-13-6-7-19-11-13)10-15(18)14-4-2-12(8-16)3-5-14/h2-7,11,15,18H,9-10H2,1H3. The van der Waals surface area contributed by atoms with Crippen LogP contribution in [-0.2, 0) is 6.54 Å². The molecule has 0 spiro atoms. The Morgan fingerprint density at radius 1 is 1.32 bits per heavy atom. The van der Waals surface area contributed by atoms with Crippen LogP contribution in [0.1, 0.15) is 22.8 Å². The summed E-state index contributed by atoms with van der Waals surface area (Å²) in [5, 5.41) is 18.9. The molecule has 98 valence electrons. The fraction of sp³-hybridized carbons (Fsp3) is 0.267. The lowest BCUT2D eigenvalue weighted by Crippen LogP contribution is -2.24. The Morgan fingerprint density at radius 3 is 2.63 bits per heavy atom. The van der Waals surface area contributed by atoms with E-state index in [1.165, 1.54) is 0 Å². The number of benzene rings is 1. The first-order chi connectivity index (χ1) is 9.19. The summed E-state index contributed by atoms with van der Waals surface area (Å²) in [5.74, 6) is 0. The number of furan rings is 1. The zero-order valence-electron chi connectivity index (χ0n) is 10.8. The fourth-order valence-corrected chi connectivity index (χ4v) is 1.94. The van der Waals surface area contributed by atoms with Gasteiger partial charge in [0.15, 0.2) is 0 Å². The maximum Gasteiger partial charge on any atom is 0.0991 e. The molecule has 0 aliphatic rings. The SMILES string of the molecule is CN(Cc1ccoc1)CC(O)c1ccc(C#N)cc1. The quantitative estimate of drug-likeness (QED) is 0.891. The van der Waals surface area contributed by atoms with E-state index in [0.29, 0.717) is 12.1 Å². The van der Waals surface area contributed by atoms with E-state index in [1.807, 2.05) is 18.0 Å². The van der Waals surface area contributed by atoms with Gasteiger partial charge in [-0.05, 0) is 30.8 Å². The maximum absolute atomic E-state index is 10.1. The Hall–Kier alpha value is -2.09. The minimum absolute atomic E-state index is 0.525. The predicted molar refractivity (Wildman–Crippen MR) is 71.2 cm³/mol. The molecule has 0 bridgehead atoms. The minimum Gasteiger partial charge on any atom is -0.472 e. The first-order valence-corrected chi connectivity index (χ1v) is 6.07. The molecule has 1 heterocycles. The van der Waals surface area contributed by atoms with Gasteiger partial charge in [-0.1, -0.05) is 12.1 Å². The van der Waals surface area contributed by atoms with Gasteiger partial charge in [0.2, 0.25) is 0 Å². The lowest BCUT2D eigenvalue weighted by Gasteiger charge is -2.20. The number of rotatable bonds is 5. The van der Waals surface area contributed by atoms with E-state index in [0.717, 1.165) is 17.7 Å². The third-order valence-electron chi connectivity index (χ3n) is 2.94. The Bertz CT molecular complexity index is 541. The Kier molecular flexibility index (Phi) is 4.35. The molecular formula is C15H16N2O2. The third kappa shape index (κ3) is 3.68. The zero-order chi connectivity index (χ0) is 13.7. The second-order valence-electron chi connectivity index (χ2n) is 4.58. The van der Waals surface area contributed by atoms with E-state index in [4.69, 9.17) is 9.68 Å². The molecule has 2 aromatic rings. The number of aliphatic hydroxyl groups excluding tert-OH is 1. The maximum atomic E-state index is 10.1. The van der Waals surface area contributed by atoms with Crippen molar-refractivity contribution in [1.82, 2.24) is 4.90 Å². The van der Waals surface area contributed by atoms with E-state index < -0.39 is 6.10 Å². The number of nitriles is 1. The molecule has 1 N–H and O–H groups in total. The lowest BCUT2D eigenvalue weighted by atomic mass is 10.1. The zero-order valence-corrected chi connectivity index (χ0v) is 10.8. The smallest absolute Gasteiger partial charge is 0.0991 e. The Balaban J connectivity index is 1.92. The summed E-state index contributed by atoms with van der Waals surface area (Å²) in [4.78, 5) is 2.02. The van der Waals surface area contributed by atoms with Crippen molar-refractivity contribution in [2.75, 3.05) is 13.6 Å². The average Bonchev–Trinajstić information content (AvgIpc) is 2.91. The molecule has 1 aromatic carbocycles. The van der Waals surface area contributed by atoms with Crippen molar-refractivity contribution in [3.8, 4) is 6.07 Å². The summed E-state index contributed by atoms with van der Waals surface area (Å²) in [6.45, 7) is 1.25. The highest BCUT2D eigenvalue weighted by atomic mass is 16.3. The monoisotopic (exact) mass is 256 g/mol. The summed E-state index contributed by atoms with van der Waals surface area (Å²) in [6, 6.07) is 11.0. The molecular weight excluding hydrogens is 240 g/mol. The largest absolute Gasteiger partial charge is 0.472 e. The van der Waals surface area contributed by atoms with Crippen LogP contribution in [0.2, 0.25) is 0 Å². The van der Waals surface area contributed by atoms with Gasteiger partial charge < -0.3 is 9.52 Å². The molecule has 0 aliphatic carbocycles. The summed E-state index contributed by atoms with van der Waals surface area (Å²) < 4.78 is 5.01. The molecule has 1 aromatic heterocycles. The number of nitrogens with zero attached hydrogens (tertiary/aromatic N) is 2. The third-order valence-corrected chi connectivity index (χ3v) is 2.94. The molecule has 0 amide bonds. The number of hydrogen-bond acceptors (Lipinski definition) is 4. The van der Waals surface area contributed by atoms with Crippen molar-refractivity contribution < 1.29 is 9.52 Å². The van der Waals surface area contributed by atoms with Crippen molar-refractivity contribution in [3.05, 3.63) is 59.5 Å². The first kappa shape index (κ1) is 13.3. The number of aliphatic hydroxyl groups is 1. The van der Waals surface area contributed by atoms with Gasteiger partial charge in [0.05, 0.1) is 30.3 Å². The minimum atomic E-state index is -0.565. The Labute approximate surface area is 112 Å². The van der Waals surface area contributed by atoms with Crippen LogP contribution in [0.4, 0.5) is 0 Å². The van der Waals surface area contributed by atoms with Crippen molar-refractivity contribution in [3.63, 3.8) is 0 Å². The highest BCUT2D eigenvalue weighted by Crippen LogP contribution is 2.15. The van der Waals surface area contributed by atoms with Gasteiger partial charge in [0.1, 0.15) is 0 Å². The number of hydrogen-bond donors (Lipinski definition) is 1. The normalized spacial score (nSPS) is 12.3. The van der Waals surface area contributed by atoms with Gasteiger partial charge in [0.25, 0.3) is 0 Å². The van der Waals surface area contributed by atoms with E-state index >= 15 is 0 Å². The molecule has 0 saturated heterocycles. The van der Waals surface area contributed by atoms with E-state index in [1.54, 1.807) is 36.8 Å². The molecule has 4 nitrogen and oxygen atoms in total. The second-order valence-corrected chi connectivity index (χ2v) is 4.58. The molecule has 0 saturated carbocycles. The molecule has 1 atom stereocenters. The van der Waals surface area contributed by atoms with Gasteiger partial charge in [-0.15, -0.1) is 0 Å². The van der Waals surface area contributed by atoms with Gasteiger partial charge in [-0.2, -0.15) is 5.26 Å². The van der Waals surface area contributed by atoms with E-state index in [-0.39, 0.29) is 0 Å². The molecule has 19 heavy (non-hydrogen) atoms. The summed E-state index contributed by atoms with van der Waals surface area (Å²) in [5.41, 5.74) is 2.50. The van der Waals surface area contributed by atoms with Crippen LogP contribution in [0, 0.1) is 11.3 Å². The highest BCUT2D eigenvalue weighted by molar-refractivity contribution is 5.32. The van der Waals surface area contributed by atoms with Crippen LogP contribution in [0.25, 0.3) is 0 Å². The van der Waals surface area contributed by atoms with Gasteiger partial charge in [-0.3, -0.25) is 4.90 Å². The van der Waals surface area contributed by atoms with Crippen LogP contribution < -0.4 is 0 Å².